The maximum atomic E-state index is 13.5. The average molecular weight is 304 g/mol. The van der Waals surface area contributed by atoms with Gasteiger partial charge < -0.3 is 9.80 Å². The first kappa shape index (κ1) is 15.0. The molecule has 1 aliphatic heterocycles. The first-order valence-corrected chi connectivity index (χ1v) is 9.30. The number of hydrogen-bond acceptors (Lipinski definition) is 2. The van der Waals surface area contributed by atoms with Crippen molar-refractivity contribution in [2.24, 2.45) is 22.2 Å². The third-order valence-corrected chi connectivity index (χ3v) is 7.09. The third kappa shape index (κ3) is 2.31. The molecule has 1 heterocycles. The van der Waals surface area contributed by atoms with Gasteiger partial charge in [-0.1, -0.05) is 13.8 Å². The summed E-state index contributed by atoms with van der Waals surface area (Å²) in [6.07, 6.45) is 8.75. The lowest BCUT2D eigenvalue weighted by molar-refractivity contribution is -0.179. The van der Waals surface area contributed by atoms with E-state index in [0.717, 1.165) is 51.4 Å². The minimum Gasteiger partial charge on any atom is -0.341 e. The maximum Gasteiger partial charge on any atom is 0.228 e. The number of carbonyl (C=O) groups is 1. The highest BCUT2D eigenvalue weighted by Crippen LogP contribution is 2.69. The van der Waals surface area contributed by atoms with Crippen LogP contribution in [-0.2, 0) is 4.79 Å². The molecule has 1 amide bonds. The molecule has 4 bridgehead atoms. The monoisotopic (exact) mass is 304 g/mol. The summed E-state index contributed by atoms with van der Waals surface area (Å²) in [5, 5.41) is 0. The minimum absolute atomic E-state index is 0.00811. The zero-order valence-electron chi connectivity index (χ0n) is 14.7. The predicted octanol–water partition coefficient (Wildman–Crippen LogP) is 3.15. The second-order valence-corrected chi connectivity index (χ2v) is 9.86. The molecule has 124 valence electrons. The van der Waals surface area contributed by atoms with Gasteiger partial charge in [-0.3, -0.25) is 4.79 Å². The summed E-state index contributed by atoms with van der Waals surface area (Å²) in [7, 11) is 2.18. The minimum atomic E-state index is -0.00811. The molecule has 0 spiro atoms. The van der Waals surface area contributed by atoms with E-state index in [0.29, 0.717) is 16.7 Å². The van der Waals surface area contributed by atoms with Gasteiger partial charge in [0, 0.05) is 19.6 Å². The van der Waals surface area contributed by atoms with Crippen LogP contribution >= 0.6 is 0 Å². The van der Waals surface area contributed by atoms with Gasteiger partial charge >= 0.3 is 0 Å². The third-order valence-electron chi connectivity index (χ3n) is 7.09. The molecule has 5 fully saturated rings. The van der Waals surface area contributed by atoms with Gasteiger partial charge in [-0.05, 0) is 75.3 Å². The molecule has 0 aromatic rings. The van der Waals surface area contributed by atoms with Gasteiger partial charge in [-0.2, -0.15) is 0 Å². The highest BCUT2D eigenvalue weighted by Gasteiger charge is 2.63. The first-order chi connectivity index (χ1) is 10.3. The van der Waals surface area contributed by atoms with Crippen molar-refractivity contribution in [3.05, 3.63) is 0 Å². The Morgan fingerprint density at radius 3 is 2.23 bits per heavy atom. The van der Waals surface area contributed by atoms with Crippen molar-refractivity contribution in [3.8, 4) is 0 Å². The van der Waals surface area contributed by atoms with Crippen LogP contribution in [0.25, 0.3) is 0 Å². The Bertz CT molecular complexity index is 470. The van der Waals surface area contributed by atoms with Gasteiger partial charge in [0.15, 0.2) is 0 Å². The average Bonchev–Trinajstić information content (AvgIpc) is 2.58. The molecule has 4 saturated carbocycles. The van der Waals surface area contributed by atoms with Crippen molar-refractivity contribution >= 4 is 5.91 Å². The van der Waals surface area contributed by atoms with E-state index >= 15 is 0 Å². The van der Waals surface area contributed by atoms with Crippen LogP contribution in [0.1, 0.15) is 58.8 Å². The van der Waals surface area contributed by atoms with E-state index < -0.39 is 0 Å². The molecule has 3 heteroatoms. The van der Waals surface area contributed by atoms with Crippen molar-refractivity contribution in [2.75, 3.05) is 33.2 Å². The zero-order chi connectivity index (χ0) is 15.6. The van der Waals surface area contributed by atoms with E-state index in [1.165, 1.54) is 25.7 Å². The Hall–Kier alpha value is -0.570. The van der Waals surface area contributed by atoms with Crippen molar-refractivity contribution in [3.63, 3.8) is 0 Å². The second-order valence-electron chi connectivity index (χ2n) is 9.86. The second kappa shape index (κ2) is 4.72. The largest absolute Gasteiger partial charge is 0.341 e. The Kier molecular flexibility index (Phi) is 3.21. The van der Waals surface area contributed by atoms with E-state index in [4.69, 9.17) is 0 Å². The molecule has 4 atom stereocenters. The highest BCUT2D eigenvalue weighted by atomic mass is 16.2. The van der Waals surface area contributed by atoms with Crippen LogP contribution in [0, 0.1) is 22.2 Å². The molecule has 4 aliphatic carbocycles. The molecule has 1 saturated heterocycles. The van der Waals surface area contributed by atoms with Crippen LogP contribution in [0.3, 0.4) is 0 Å². The van der Waals surface area contributed by atoms with Crippen molar-refractivity contribution < 1.29 is 4.79 Å². The number of rotatable bonds is 1. The smallest absolute Gasteiger partial charge is 0.228 e. The van der Waals surface area contributed by atoms with Crippen LogP contribution < -0.4 is 0 Å². The molecule has 0 aromatic heterocycles. The molecule has 5 aliphatic rings. The lowest BCUT2D eigenvalue weighted by Crippen LogP contribution is -2.60. The predicted molar refractivity (Wildman–Crippen MR) is 88.5 cm³/mol. The number of nitrogens with zero attached hydrogens (tertiary/aromatic N) is 2. The fraction of sp³-hybridized carbons (Fsp3) is 0.947. The van der Waals surface area contributed by atoms with Gasteiger partial charge in [0.25, 0.3) is 0 Å². The van der Waals surface area contributed by atoms with Crippen LogP contribution in [0.4, 0.5) is 0 Å². The molecular formula is C19H32N2O. The van der Waals surface area contributed by atoms with Gasteiger partial charge in [0.1, 0.15) is 0 Å². The van der Waals surface area contributed by atoms with Crippen molar-refractivity contribution in [1.82, 2.24) is 9.80 Å². The number of carbonyl (C=O) groups excluding carboxylic acids is 1. The molecule has 5 rings (SSSR count). The van der Waals surface area contributed by atoms with Gasteiger partial charge in [-0.25, -0.2) is 0 Å². The topological polar surface area (TPSA) is 23.6 Å². The first-order valence-electron chi connectivity index (χ1n) is 9.30. The summed E-state index contributed by atoms with van der Waals surface area (Å²) in [6, 6.07) is 0. The van der Waals surface area contributed by atoms with Crippen LogP contribution in [0.2, 0.25) is 0 Å². The summed E-state index contributed by atoms with van der Waals surface area (Å²) in [6.45, 7) is 9.02. The number of hydrogen-bond donors (Lipinski definition) is 0. The molecule has 2 unspecified atom stereocenters. The van der Waals surface area contributed by atoms with E-state index in [1.54, 1.807) is 0 Å². The molecule has 0 aromatic carbocycles. The summed E-state index contributed by atoms with van der Waals surface area (Å²) in [4.78, 5) is 18.1. The summed E-state index contributed by atoms with van der Waals surface area (Å²) >= 11 is 0. The van der Waals surface area contributed by atoms with Crippen molar-refractivity contribution in [1.29, 1.82) is 0 Å². The standard InChI is InChI=1S/C19H32N2O/c1-17-9-15-10-18(2,12-17)14-19(11-15,13-17)16(22)21-6-4-5-20(3)7-8-21/h15H,4-14H2,1-3H3/t15?,17-,18+,19?. The van der Waals surface area contributed by atoms with E-state index in [1.807, 2.05) is 0 Å². The summed E-state index contributed by atoms with van der Waals surface area (Å²) in [5.41, 5.74) is 0.866. The molecule has 0 N–H and O–H groups in total. The lowest BCUT2D eigenvalue weighted by atomic mass is 9.40. The lowest BCUT2D eigenvalue weighted by Gasteiger charge is -2.65. The fourth-order valence-corrected chi connectivity index (χ4v) is 7.27. The van der Waals surface area contributed by atoms with Gasteiger partial charge in [0.05, 0.1) is 5.41 Å². The SMILES string of the molecule is CN1CCCN(C(=O)C23CC4C[C@@](C)(C2)C[C@](C)(C4)C3)CC1. The van der Waals surface area contributed by atoms with Gasteiger partial charge in [-0.15, -0.1) is 0 Å². The normalized spacial score (nSPS) is 48.5. The van der Waals surface area contributed by atoms with Crippen molar-refractivity contribution in [2.45, 2.75) is 58.8 Å². The Balaban J connectivity index is 1.60. The van der Waals surface area contributed by atoms with Crippen LogP contribution in [0.15, 0.2) is 0 Å². The van der Waals surface area contributed by atoms with E-state index in [-0.39, 0.29) is 5.41 Å². The number of likely N-dealkylation sites (N-methyl/N-ethyl adjacent to an activating group) is 1. The summed E-state index contributed by atoms with van der Waals surface area (Å²) < 4.78 is 0. The van der Waals surface area contributed by atoms with E-state index in [9.17, 15) is 4.79 Å². The van der Waals surface area contributed by atoms with Crippen LogP contribution in [0.5, 0.6) is 0 Å². The van der Waals surface area contributed by atoms with Gasteiger partial charge in [0.2, 0.25) is 5.91 Å². The Morgan fingerprint density at radius 1 is 0.909 bits per heavy atom. The van der Waals surface area contributed by atoms with Crippen LogP contribution in [-0.4, -0.2) is 48.9 Å². The molecule has 22 heavy (non-hydrogen) atoms. The molecular weight excluding hydrogens is 272 g/mol. The summed E-state index contributed by atoms with van der Waals surface area (Å²) in [5.74, 6) is 1.33. The quantitative estimate of drug-likeness (QED) is 0.743. The Morgan fingerprint density at radius 2 is 1.59 bits per heavy atom. The highest BCUT2D eigenvalue weighted by molar-refractivity contribution is 5.83. The number of amides is 1. The Labute approximate surface area is 135 Å². The molecule has 3 nitrogen and oxygen atoms in total. The zero-order valence-corrected chi connectivity index (χ0v) is 14.7. The van der Waals surface area contributed by atoms with E-state index in [2.05, 4.69) is 30.7 Å². The fourth-order valence-electron chi connectivity index (χ4n) is 7.27. The molecule has 0 radical (unpaired) electrons. The maximum absolute atomic E-state index is 13.5.